The Morgan fingerprint density at radius 1 is 1.55 bits per heavy atom. The Hall–Kier alpha value is -0.340. The molecule has 0 unspecified atom stereocenters. The predicted octanol–water partition coefficient (Wildman–Crippen LogP) is 2.64. The highest BCUT2D eigenvalue weighted by atomic mass is 32.1. The minimum Gasteiger partial charge on any atom is -0.385 e. The van der Waals surface area contributed by atoms with Gasteiger partial charge in [0.15, 0.2) is 0 Å². The van der Waals surface area contributed by atoms with Crippen LogP contribution in [0.4, 0.5) is 0 Å². The van der Waals surface area contributed by atoms with Gasteiger partial charge in [-0.05, 0) is 36.8 Å². The van der Waals surface area contributed by atoms with Crippen LogP contribution in [0.5, 0.6) is 0 Å². The van der Waals surface area contributed by atoms with E-state index in [0.717, 1.165) is 19.4 Å². The number of thiophene rings is 1. The van der Waals surface area contributed by atoms with E-state index < -0.39 is 0 Å². The fourth-order valence-corrected chi connectivity index (χ4v) is 1.99. The number of rotatable bonds is 4. The van der Waals surface area contributed by atoms with Crippen molar-refractivity contribution < 1.29 is 4.74 Å². The molecular formula is C9H14OS. The van der Waals surface area contributed by atoms with E-state index in [4.69, 9.17) is 4.74 Å². The normalized spacial score (nSPS) is 10.4. The van der Waals surface area contributed by atoms with Crippen molar-refractivity contribution in [1.82, 2.24) is 0 Å². The van der Waals surface area contributed by atoms with Gasteiger partial charge in [0.1, 0.15) is 0 Å². The topological polar surface area (TPSA) is 9.23 Å². The van der Waals surface area contributed by atoms with Gasteiger partial charge in [0.25, 0.3) is 0 Å². The maximum atomic E-state index is 4.98. The average Bonchev–Trinajstić information content (AvgIpc) is 2.37. The molecule has 0 bridgehead atoms. The molecule has 0 saturated carbocycles. The standard InChI is InChI=1S/C9H14OS/c1-8-5-7-11-9(8)4-3-6-10-2/h5,7H,3-4,6H2,1-2H3. The van der Waals surface area contributed by atoms with Crippen molar-refractivity contribution in [3.8, 4) is 0 Å². The molecule has 0 saturated heterocycles. The summed E-state index contributed by atoms with van der Waals surface area (Å²) in [5, 5.41) is 2.15. The first kappa shape index (κ1) is 8.75. The Morgan fingerprint density at radius 3 is 2.91 bits per heavy atom. The predicted molar refractivity (Wildman–Crippen MR) is 49.3 cm³/mol. The van der Waals surface area contributed by atoms with Gasteiger partial charge in [-0.1, -0.05) is 0 Å². The van der Waals surface area contributed by atoms with Gasteiger partial charge in [-0.3, -0.25) is 0 Å². The second-order valence-electron chi connectivity index (χ2n) is 2.62. The summed E-state index contributed by atoms with van der Waals surface area (Å²) in [6.07, 6.45) is 2.30. The average molecular weight is 170 g/mol. The third-order valence-corrected chi connectivity index (χ3v) is 2.80. The van der Waals surface area contributed by atoms with Crippen molar-refractivity contribution in [2.45, 2.75) is 19.8 Å². The molecular weight excluding hydrogens is 156 g/mol. The molecule has 1 heterocycles. The van der Waals surface area contributed by atoms with Crippen LogP contribution >= 0.6 is 11.3 Å². The van der Waals surface area contributed by atoms with E-state index >= 15 is 0 Å². The summed E-state index contributed by atoms with van der Waals surface area (Å²) in [6, 6.07) is 2.17. The Bertz CT molecular complexity index is 205. The first-order valence-electron chi connectivity index (χ1n) is 3.86. The van der Waals surface area contributed by atoms with Crippen molar-refractivity contribution in [3.05, 3.63) is 21.9 Å². The van der Waals surface area contributed by atoms with Crippen LogP contribution in [0.2, 0.25) is 0 Å². The fourth-order valence-electron chi connectivity index (χ4n) is 1.04. The van der Waals surface area contributed by atoms with Crippen LogP contribution in [0.15, 0.2) is 11.4 Å². The molecule has 0 aromatic carbocycles. The van der Waals surface area contributed by atoms with Crippen LogP contribution in [0.1, 0.15) is 16.9 Å². The first-order valence-corrected chi connectivity index (χ1v) is 4.74. The Labute approximate surface area is 72.0 Å². The highest BCUT2D eigenvalue weighted by Crippen LogP contribution is 2.16. The van der Waals surface area contributed by atoms with Crippen LogP contribution < -0.4 is 0 Å². The van der Waals surface area contributed by atoms with Crippen LogP contribution in [0.25, 0.3) is 0 Å². The van der Waals surface area contributed by atoms with Gasteiger partial charge >= 0.3 is 0 Å². The molecule has 0 spiro atoms. The summed E-state index contributed by atoms with van der Waals surface area (Å²) in [5.41, 5.74) is 1.42. The number of hydrogen-bond donors (Lipinski definition) is 0. The SMILES string of the molecule is COCCCc1sccc1C. The first-order chi connectivity index (χ1) is 5.34. The van der Waals surface area contributed by atoms with Crippen molar-refractivity contribution >= 4 is 11.3 Å². The summed E-state index contributed by atoms with van der Waals surface area (Å²) in [7, 11) is 1.75. The number of ether oxygens (including phenoxy) is 1. The second kappa shape index (κ2) is 4.52. The quantitative estimate of drug-likeness (QED) is 0.631. The van der Waals surface area contributed by atoms with E-state index in [1.54, 1.807) is 7.11 Å². The molecule has 2 heteroatoms. The van der Waals surface area contributed by atoms with Crippen LogP contribution in [-0.2, 0) is 11.2 Å². The van der Waals surface area contributed by atoms with Gasteiger partial charge < -0.3 is 4.74 Å². The van der Waals surface area contributed by atoms with Crippen molar-refractivity contribution in [3.63, 3.8) is 0 Å². The summed E-state index contributed by atoms with van der Waals surface area (Å²) < 4.78 is 4.98. The third kappa shape index (κ3) is 2.64. The lowest BCUT2D eigenvalue weighted by atomic mass is 10.2. The van der Waals surface area contributed by atoms with Crippen molar-refractivity contribution in [2.75, 3.05) is 13.7 Å². The van der Waals surface area contributed by atoms with Crippen LogP contribution in [0, 0.1) is 6.92 Å². The van der Waals surface area contributed by atoms with Gasteiger partial charge in [-0.15, -0.1) is 11.3 Å². The smallest absolute Gasteiger partial charge is 0.0465 e. The number of hydrogen-bond acceptors (Lipinski definition) is 2. The lowest BCUT2D eigenvalue weighted by Gasteiger charge is -1.98. The molecule has 0 aliphatic rings. The Balaban J connectivity index is 2.32. The molecule has 0 N–H and O–H groups in total. The highest BCUT2D eigenvalue weighted by Gasteiger charge is 1.97. The van der Waals surface area contributed by atoms with E-state index in [-0.39, 0.29) is 0 Å². The Morgan fingerprint density at radius 2 is 2.36 bits per heavy atom. The van der Waals surface area contributed by atoms with Crippen molar-refractivity contribution in [1.29, 1.82) is 0 Å². The van der Waals surface area contributed by atoms with E-state index in [0.29, 0.717) is 0 Å². The maximum absolute atomic E-state index is 4.98. The van der Waals surface area contributed by atoms with Gasteiger partial charge in [0.05, 0.1) is 0 Å². The zero-order chi connectivity index (χ0) is 8.10. The van der Waals surface area contributed by atoms with Crippen molar-refractivity contribution in [2.24, 2.45) is 0 Å². The number of aryl methyl sites for hydroxylation is 2. The monoisotopic (exact) mass is 170 g/mol. The molecule has 1 rings (SSSR count). The summed E-state index contributed by atoms with van der Waals surface area (Å²) in [5.74, 6) is 0. The molecule has 0 amide bonds. The molecule has 0 aliphatic heterocycles. The molecule has 0 aliphatic carbocycles. The van der Waals surface area contributed by atoms with E-state index in [1.807, 2.05) is 11.3 Å². The summed E-state index contributed by atoms with van der Waals surface area (Å²) in [4.78, 5) is 1.50. The van der Waals surface area contributed by atoms with E-state index in [1.165, 1.54) is 10.4 Å². The molecule has 1 aromatic heterocycles. The fraction of sp³-hybridized carbons (Fsp3) is 0.556. The minimum absolute atomic E-state index is 0.872. The van der Waals surface area contributed by atoms with E-state index in [9.17, 15) is 0 Å². The lowest BCUT2D eigenvalue weighted by Crippen LogP contribution is -1.91. The van der Waals surface area contributed by atoms with Gasteiger partial charge in [0.2, 0.25) is 0 Å². The van der Waals surface area contributed by atoms with Gasteiger partial charge in [0, 0.05) is 18.6 Å². The summed E-state index contributed by atoms with van der Waals surface area (Å²) in [6.45, 7) is 3.04. The largest absolute Gasteiger partial charge is 0.385 e. The minimum atomic E-state index is 0.872. The zero-order valence-electron chi connectivity index (χ0n) is 7.09. The molecule has 0 atom stereocenters. The second-order valence-corrected chi connectivity index (χ2v) is 3.62. The van der Waals surface area contributed by atoms with Crippen LogP contribution in [-0.4, -0.2) is 13.7 Å². The third-order valence-electron chi connectivity index (χ3n) is 1.72. The highest BCUT2D eigenvalue weighted by molar-refractivity contribution is 7.10. The molecule has 0 fully saturated rings. The molecule has 11 heavy (non-hydrogen) atoms. The van der Waals surface area contributed by atoms with E-state index in [2.05, 4.69) is 18.4 Å². The molecule has 62 valence electrons. The molecule has 1 aromatic rings. The maximum Gasteiger partial charge on any atom is 0.0465 e. The number of methoxy groups -OCH3 is 1. The summed E-state index contributed by atoms with van der Waals surface area (Å²) >= 11 is 1.84. The molecule has 1 nitrogen and oxygen atoms in total. The van der Waals surface area contributed by atoms with Gasteiger partial charge in [-0.2, -0.15) is 0 Å². The molecule has 0 radical (unpaired) electrons. The lowest BCUT2D eigenvalue weighted by molar-refractivity contribution is 0.195. The van der Waals surface area contributed by atoms with Gasteiger partial charge in [-0.25, -0.2) is 0 Å². The zero-order valence-corrected chi connectivity index (χ0v) is 7.91. The van der Waals surface area contributed by atoms with Crippen LogP contribution in [0.3, 0.4) is 0 Å². The Kier molecular flexibility index (Phi) is 3.60.